The van der Waals surface area contributed by atoms with Crippen LogP contribution in [-0.2, 0) is 44.3 Å². The molecule has 0 aliphatic carbocycles. The predicted octanol–water partition coefficient (Wildman–Crippen LogP) is -2.07. The summed E-state index contributed by atoms with van der Waals surface area (Å²) in [6.45, 7) is -1.22. The van der Waals surface area contributed by atoms with Gasteiger partial charge in [0.1, 0.15) is 12.2 Å². The molecule has 0 saturated heterocycles. The molecule has 0 amide bonds. The molecule has 1 unspecified atom stereocenters. The van der Waals surface area contributed by atoms with Gasteiger partial charge in [0, 0.05) is 0 Å². The van der Waals surface area contributed by atoms with Crippen molar-refractivity contribution in [2.75, 3.05) is 13.2 Å². The minimum atomic E-state index is -5.03. The van der Waals surface area contributed by atoms with Gasteiger partial charge < -0.3 is 0 Å². The van der Waals surface area contributed by atoms with Gasteiger partial charge in [-0.25, -0.2) is 16.8 Å². The van der Waals surface area contributed by atoms with Crippen LogP contribution in [0.4, 0.5) is 0 Å². The van der Waals surface area contributed by atoms with E-state index < -0.39 is 50.6 Å². The summed E-state index contributed by atoms with van der Waals surface area (Å²) < 4.78 is 90.4. The maximum atomic E-state index is 10.5. The zero-order valence-corrected chi connectivity index (χ0v) is 11.3. The highest BCUT2D eigenvalue weighted by molar-refractivity contribution is 7.81. The van der Waals surface area contributed by atoms with Crippen LogP contribution in [0, 0.1) is 0 Å². The van der Waals surface area contributed by atoms with Gasteiger partial charge in [0.25, 0.3) is 11.0 Å². The van der Waals surface area contributed by atoms with E-state index in [4.69, 9.17) is 9.11 Å². The van der Waals surface area contributed by atoms with Crippen molar-refractivity contribution in [3.63, 3.8) is 0 Å². The first-order valence-corrected chi connectivity index (χ1v) is 7.73. The third-order valence-corrected chi connectivity index (χ3v) is 2.66. The Hall–Kier alpha value is -0.350. The minimum absolute atomic E-state index is 0.866. The SMILES string of the molecule is CC(CO[SH](=O)=O)(COS(=O)(=O)O)OS(=O)(=O)O. The number of rotatable bonds is 8. The van der Waals surface area contributed by atoms with Crippen LogP contribution >= 0.6 is 0 Å². The summed E-state index contributed by atoms with van der Waals surface area (Å²) in [7, 11) is -13.3. The van der Waals surface area contributed by atoms with Crippen LogP contribution in [-0.4, -0.2) is 53.2 Å². The van der Waals surface area contributed by atoms with Crippen LogP contribution in [0.15, 0.2) is 0 Å². The summed E-state index contributed by atoms with van der Waals surface area (Å²) in [5.41, 5.74) is -2.18. The molecule has 18 heavy (non-hydrogen) atoms. The third-order valence-electron chi connectivity index (χ3n) is 1.29. The van der Waals surface area contributed by atoms with Gasteiger partial charge in [0.15, 0.2) is 0 Å². The van der Waals surface area contributed by atoms with E-state index in [1.54, 1.807) is 0 Å². The average Bonchev–Trinajstić information content (AvgIpc) is 2.08. The highest BCUT2D eigenvalue weighted by Crippen LogP contribution is 2.16. The average molecular weight is 330 g/mol. The van der Waals surface area contributed by atoms with E-state index in [9.17, 15) is 25.3 Å². The Morgan fingerprint density at radius 1 is 1.06 bits per heavy atom. The standard InChI is InChI=1S/C4H10O11S3/c1-4(2-13-16(5)6,15-18(10,11)12)3-14-17(7,8)9/h16H,2-3H2,1H3,(H,7,8,9)(H,10,11,12). The zero-order valence-electron chi connectivity index (χ0n) is 8.75. The van der Waals surface area contributed by atoms with Crippen LogP contribution in [0.25, 0.3) is 0 Å². The van der Waals surface area contributed by atoms with Gasteiger partial charge in [0.05, 0.1) is 6.61 Å². The maximum absolute atomic E-state index is 10.5. The largest absolute Gasteiger partial charge is 0.398 e. The van der Waals surface area contributed by atoms with E-state index in [0.717, 1.165) is 6.92 Å². The molecule has 0 fully saturated rings. The van der Waals surface area contributed by atoms with Gasteiger partial charge in [-0.15, -0.1) is 0 Å². The van der Waals surface area contributed by atoms with E-state index in [2.05, 4.69) is 12.5 Å². The van der Waals surface area contributed by atoms with E-state index in [1.165, 1.54) is 0 Å². The first-order chi connectivity index (χ1) is 7.83. The Balaban J connectivity index is 4.90. The summed E-state index contributed by atoms with van der Waals surface area (Å²) in [5, 5.41) is 0. The summed E-state index contributed by atoms with van der Waals surface area (Å²) in [6.07, 6.45) is 0. The second-order valence-corrected chi connectivity index (χ2v) is 5.97. The molecule has 0 aromatic heterocycles. The van der Waals surface area contributed by atoms with Gasteiger partial charge in [-0.1, -0.05) is 0 Å². The Morgan fingerprint density at radius 3 is 1.89 bits per heavy atom. The first kappa shape index (κ1) is 17.6. The molecular weight excluding hydrogens is 320 g/mol. The molecule has 0 aliphatic rings. The quantitative estimate of drug-likeness (QED) is 0.329. The molecule has 0 saturated carbocycles. The smallest absolute Gasteiger partial charge is 0.269 e. The number of thiol groups is 1. The summed E-state index contributed by atoms with van der Waals surface area (Å²) >= 11 is 0. The predicted molar refractivity (Wildman–Crippen MR) is 54.8 cm³/mol. The molecule has 0 spiro atoms. The van der Waals surface area contributed by atoms with Gasteiger partial charge in [-0.2, -0.15) is 16.8 Å². The van der Waals surface area contributed by atoms with Gasteiger partial charge in [-0.3, -0.25) is 13.3 Å². The van der Waals surface area contributed by atoms with Crippen molar-refractivity contribution in [1.29, 1.82) is 0 Å². The molecule has 2 N–H and O–H groups in total. The van der Waals surface area contributed by atoms with Crippen molar-refractivity contribution in [3.8, 4) is 0 Å². The number of hydrogen-bond donors (Lipinski definition) is 3. The van der Waals surface area contributed by atoms with Gasteiger partial charge >= 0.3 is 20.8 Å². The monoisotopic (exact) mass is 330 g/mol. The molecular formula is C4H10O11S3. The molecule has 0 aliphatic heterocycles. The highest BCUT2D eigenvalue weighted by atomic mass is 32.3. The fourth-order valence-electron chi connectivity index (χ4n) is 0.732. The second kappa shape index (κ2) is 6.20. The molecule has 11 nitrogen and oxygen atoms in total. The third kappa shape index (κ3) is 9.66. The van der Waals surface area contributed by atoms with Gasteiger partial charge in [0.2, 0.25) is 0 Å². The molecule has 0 rings (SSSR count). The van der Waals surface area contributed by atoms with E-state index in [0.29, 0.717) is 0 Å². The highest BCUT2D eigenvalue weighted by Gasteiger charge is 2.34. The minimum Gasteiger partial charge on any atom is -0.269 e. The van der Waals surface area contributed by atoms with Crippen molar-refractivity contribution in [1.82, 2.24) is 0 Å². The lowest BCUT2D eigenvalue weighted by Crippen LogP contribution is -2.42. The second-order valence-electron chi connectivity index (χ2n) is 3.15. The molecule has 110 valence electrons. The molecule has 14 heteroatoms. The maximum Gasteiger partial charge on any atom is 0.398 e. The molecule has 0 radical (unpaired) electrons. The van der Waals surface area contributed by atoms with E-state index in [-0.39, 0.29) is 0 Å². The lowest BCUT2D eigenvalue weighted by Gasteiger charge is -2.24. The van der Waals surface area contributed by atoms with E-state index >= 15 is 0 Å². The molecule has 1 atom stereocenters. The molecule has 0 aromatic rings. The van der Waals surface area contributed by atoms with Crippen molar-refractivity contribution in [2.24, 2.45) is 0 Å². The number of hydrogen-bond acceptors (Lipinski definition) is 9. The molecule has 0 bridgehead atoms. The lowest BCUT2D eigenvalue weighted by molar-refractivity contribution is -0.00456. The lowest BCUT2D eigenvalue weighted by atomic mass is 10.1. The van der Waals surface area contributed by atoms with Crippen LogP contribution in [0.2, 0.25) is 0 Å². The first-order valence-electron chi connectivity index (χ1n) is 3.90. The molecule has 0 heterocycles. The van der Waals surface area contributed by atoms with Gasteiger partial charge in [-0.05, 0) is 6.92 Å². The normalized spacial score (nSPS) is 16.7. The van der Waals surface area contributed by atoms with Crippen LogP contribution in [0.1, 0.15) is 6.92 Å². The Kier molecular flexibility index (Phi) is 6.08. The topological polar surface area (TPSA) is 171 Å². The zero-order chi connectivity index (χ0) is 14.6. The fraction of sp³-hybridized carbons (Fsp3) is 1.00. The Morgan fingerprint density at radius 2 is 1.56 bits per heavy atom. The van der Waals surface area contributed by atoms with Crippen molar-refractivity contribution < 1.29 is 46.9 Å². The van der Waals surface area contributed by atoms with Crippen molar-refractivity contribution >= 4 is 31.8 Å². The fourth-order valence-corrected chi connectivity index (χ4v) is 2.11. The summed E-state index contributed by atoms with van der Waals surface area (Å²) in [5.74, 6) is 0. The van der Waals surface area contributed by atoms with Crippen LogP contribution in [0.3, 0.4) is 0 Å². The Labute approximate surface area is 105 Å². The molecule has 0 aromatic carbocycles. The Bertz CT molecular complexity index is 533. The van der Waals surface area contributed by atoms with Crippen LogP contribution < -0.4 is 0 Å². The summed E-state index contributed by atoms with van der Waals surface area (Å²) in [4.78, 5) is 0. The summed E-state index contributed by atoms with van der Waals surface area (Å²) in [6, 6.07) is 0. The van der Waals surface area contributed by atoms with Crippen molar-refractivity contribution in [2.45, 2.75) is 12.5 Å². The van der Waals surface area contributed by atoms with Crippen LogP contribution in [0.5, 0.6) is 0 Å². The van der Waals surface area contributed by atoms with E-state index in [1.807, 2.05) is 0 Å². The van der Waals surface area contributed by atoms with Crippen molar-refractivity contribution in [3.05, 3.63) is 0 Å².